The van der Waals surface area contributed by atoms with Gasteiger partial charge in [0.1, 0.15) is 17.7 Å². The summed E-state index contributed by atoms with van der Waals surface area (Å²) in [6, 6.07) is 21.8. The van der Waals surface area contributed by atoms with Gasteiger partial charge in [-0.15, -0.1) is 10.2 Å². The minimum absolute atomic E-state index is 0.163. The van der Waals surface area contributed by atoms with Crippen LogP contribution in [0.1, 0.15) is 73.8 Å². The number of carbonyl (C=O) groups excluding carboxylic acids is 1. The number of anilines is 2. The van der Waals surface area contributed by atoms with E-state index in [1.165, 1.54) is 0 Å². The lowest BCUT2D eigenvalue weighted by Gasteiger charge is -2.33. The standard InChI is InChI=1S/C36H42N8O3/c1-23-10-12-25(13-11-23)44-33(22-31(41-44)36(3,4)5)38-34(45)37-28-14-15-30(27-9-7-6-8-26(27)28)47-29-16-17-32-39-40-35(43(32)24(29)2)42-18-20-46-21-19-42/h6-13,16-17,22,28,30H,14-15,18-21H2,1-5H3,(H2,37,38,45)/t28-,30+/m0/s1. The number of ether oxygens (including phenoxy) is 2. The van der Waals surface area contributed by atoms with Crippen LogP contribution in [0.15, 0.2) is 66.7 Å². The molecule has 4 heterocycles. The van der Waals surface area contributed by atoms with Gasteiger partial charge in [-0.05, 0) is 62.1 Å². The molecule has 0 radical (unpaired) electrons. The van der Waals surface area contributed by atoms with Gasteiger partial charge in [-0.2, -0.15) is 5.10 Å². The van der Waals surface area contributed by atoms with Crippen molar-refractivity contribution in [1.82, 2.24) is 29.7 Å². The Morgan fingerprint density at radius 3 is 2.43 bits per heavy atom. The van der Waals surface area contributed by atoms with Gasteiger partial charge in [-0.1, -0.05) is 62.7 Å². The fraction of sp³-hybridized carbons (Fsp3) is 0.389. The minimum Gasteiger partial charge on any atom is -0.484 e. The van der Waals surface area contributed by atoms with Crippen LogP contribution in [0.2, 0.25) is 0 Å². The summed E-state index contributed by atoms with van der Waals surface area (Å²) in [6.07, 6.45) is 1.31. The summed E-state index contributed by atoms with van der Waals surface area (Å²) in [7, 11) is 0. The molecule has 2 amide bonds. The fourth-order valence-corrected chi connectivity index (χ4v) is 6.40. The van der Waals surface area contributed by atoms with Gasteiger partial charge in [0.05, 0.1) is 36.3 Å². The van der Waals surface area contributed by atoms with Crippen molar-refractivity contribution in [3.8, 4) is 11.4 Å². The zero-order valence-electron chi connectivity index (χ0n) is 27.7. The van der Waals surface area contributed by atoms with Gasteiger partial charge in [-0.3, -0.25) is 9.72 Å². The van der Waals surface area contributed by atoms with Crippen LogP contribution < -0.4 is 20.3 Å². The predicted octanol–water partition coefficient (Wildman–Crippen LogP) is 6.44. The number of pyridine rings is 1. The van der Waals surface area contributed by atoms with Gasteiger partial charge in [0.25, 0.3) is 0 Å². The van der Waals surface area contributed by atoms with E-state index in [0.717, 1.165) is 77.0 Å². The predicted molar refractivity (Wildman–Crippen MR) is 182 cm³/mol. The summed E-state index contributed by atoms with van der Waals surface area (Å²) < 4.78 is 16.1. The highest BCUT2D eigenvalue weighted by Gasteiger charge is 2.31. The Bertz CT molecular complexity index is 1900. The number of carbonyl (C=O) groups is 1. The Labute approximate surface area is 274 Å². The van der Waals surface area contributed by atoms with E-state index in [-0.39, 0.29) is 23.6 Å². The van der Waals surface area contributed by atoms with Crippen LogP contribution in [-0.4, -0.2) is 56.7 Å². The lowest BCUT2D eigenvalue weighted by atomic mass is 9.85. The van der Waals surface area contributed by atoms with E-state index in [1.807, 2.05) is 61.5 Å². The van der Waals surface area contributed by atoms with E-state index in [9.17, 15) is 4.79 Å². The Kier molecular flexibility index (Phi) is 8.09. The maximum atomic E-state index is 13.5. The fourth-order valence-electron chi connectivity index (χ4n) is 6.40. The van der Waals surface area contributed by atoms with E-state index in [2.05, 4.69) is 70.0 Å². The molecule has 1 fully saturated rings. The Morgan fingerprint density at radius 2 is 1.68 bits per heavy atom. The Morgan fingerprint density at radius 1 is 0.936 bits per heavy atom. The van der Waals surface area contributed by atoms with Crippen molar-refractivity contribution < 1.29 is 14.3 Å². The van der Waals surface area contributed by atoms with Crippen LogP contribution in [0, 0.1) is 13.8 Å². The number of rotatable bonds is 6. The van der Waals surface area contributed by atoms with Crippen molar-refractivity contribution in [3.05, 3.63) is 94.8 Å². The van der Waals surface area contributed by atoms with Gasteiger partial charge >= 0.3 is 6.03 Å². The van der Waals surface area contributed by atoms with Crippen molar-refractivity contribution in [2.45, 2.75) is 65.0 Å². The lowest BCUT2D eigenvalue weighted by molar-refractivity contribution is 0.122. The minimum atomic E-state index is -0.276. The zero-order chi connectivity index (χ0) is 32.7. The second-order valence-corrected chi connectivity index (χ2v) is 13.5. The number of nitrogens with one attached hydrogen (secondary N) is 2. The number of aromatic nitrogens is 5. The van der Waals surface area contributed by atoms with Crippen LogP contribution in [0.4, 0.5) is 16.6 Å². The third kappa shape index (κ3) is 6.15. The van der Waals surface area contributed by atoms with Gasteiger partial charge in [0.15, 0.2) is 5.65 Å². The molecule has 244 valence electrons. The SMILES string of the molecule is Cc1ccc(-n2nc(C(C)(C)C)cc2NC(=O)N[C@H]2CC[C@@H](Oc3ccc4nnc(N5CCOCC5)n4c3C)c3ccccc32)cc1. The second kappa shape index (κ2) is 12.4. The van der Waals surface area contributed by atoms with Crippen LogP contribution in [-0.2, 0) is 10.2 Å². The number of hydrogen-bond donors (Lipinski definition) is 2. The molecule has 11 nitrogen and oxygen atoms in total. The summed E-state index contributed by atoms with van der Waals surface area (Å²) in [4.78, 5) is 15.7. The van der Waals surface area contributed by atoms with Gasteiger partial charge < -0.3 is 19.7 Å². The van der Waals surface area contributed by atoms with Crippen LogP contribution in [0.5, 0.6) is 5.75 Å². The van der Waals surface area contributed by atoms with Crippen molar-refractivity contribution >= 4 is 23.4 Å². The average molecular weight is 635 g/mol. The number of nitrogens with zero attached hydrogens (tertiary/aromatic N) is 6. The van der Waals surface area contributed by atoms with Crippen molar-refractivity contribution in [1.29, 1.82) is 0 Å². The topological polar surface area (TPSA) is 111 Å². The highest BCUT2D eigenvalue weighted by atomic mass is 16.5. The molecule has 2 N–H and O–H groups in total. The highest BCUT2D eigenvalue weighted by Crippen LogP contribution is 2.40. The van der Waals surface area contributed by atoms with E-state index >= 15 is 0 Å². The number of hydrogen-bond acceptors (Lipinski definition) is 7. The van der Waals surface area contributed by atoms with Crippen LogP contribution >= 0.6 is 0 Å². The molecule has 7 rings (SSSR count). The molecule has 2 atom stereocenters. The molecule has 0 unspecified atom stereocenters. The maximum Gasteiger partial charge on any atom is 0.320 e. The third-order valence-corrected chi connectivity index (χ3v) is 9.05. The first-order chi connectivity index (χ1) is 22.7. The summed E-state index contributed by atoms with van der Waals surface area (Å²) in [5.74, 6) is 2.22. The monoisotopic (exact) mass is 634 g/mol. The van der Waals surface area contributed by atoms with Crippen molar-refractivity contribution in [2.75, 3.05) is 36.5 Å². The molecule has 2 aliphatic rings. The molecule has 2 aromatic carbocycles. The number of urea groups is 1. The summed E-state index contributed by atoms with van der Waals surface area (Å²) in [6.45, 7) is 13.3. The van der Waals surface area contributed by atoms with E-state index in [1.54, 1.807) is 4.68 Å². The summed E-state index contributed by atoms with van der Waals surface area (Å²) in [5.41, 5.74) is 6.63. The number of amides is 2. The number of benzene rings is 2. The molecular formula is C36H42N8O3. The Balaban J connectivity index is 1.10. The van der Waals surface area contributed by atoms with Gasteiger partial charge in [0, 0.05) is 24.6 Å². The molecule has 0 saturated carbocycles. The summed E-state index contributed by atoms with van der Waals surface area (Å²) >= 11 is 0. The summed E-state index contributed by atoms with van der Waals surface area (Å²) in [5, 5.41) is 20.1. The number of aryl methyl sites for hydroxylation is 2. The van der Waals surface area contributed by atoms with Gasteiger partial charge in [0.2, 0.25) is 5.95 Å². The molecule has 0 spiro atoms. The largest absolute Gasteiger partial charge is 0.484 e. The maximum absolute atomic E-state index is 13.5. The second-order valence-electron chi connectivity index (χ2n) is 13.5. The molecule has 1 aliphatic heterocycles. The molecular weight excluding hydrogens is 592 g/mol. The highest BCUT2D eigenvalue weighted by molar-refractivity contribution is 5.89. The third-order valence-electron chi connectivity index (χ3n) is 9.05. The first kappa shape index (κ1) is 30.7. The first-order valence-corrected chi connectivity index (χ1v) is 16.3. The zero-order valence-corrected chi connectivity index (χ0v) is 27.7. The van der Waals surface area contributed by atoms with Gasteiger partial charge in [-0.25, -0.2) is 9.48 Å². The molecule has 47 heavy (non-hydrogen) atoms. The normalized spacial score (nSPS) is 18.2. The number of morpholine rings is 1. The van der Waals surface area contributed by atoms with E-state index in [4.69, 9.17) is 14.6 Å². The Hall–Kier alpha value is -4.90. The molecule has 3 aromatic heterocycles. The molecule has 1 aliphatic carbocycles. The van der Waals surface area contributed by atoms with Crippen LogP contribution in [0.3, 0.4) is 0 Å². The molecule has 11 heteroatoms. The molecule has 1 saturated heterocycles. The van der Waals surface area contributed by atoms with Crippen molar-refractivity contribution in [3.63, 3.8) is 0 Å². The average Bonchev–Trinajstić information content (AvgIpc) is 3.70. The van der Waals surface area contributed by atoms with E-state index < -0.39 is 0 Å². The van der Waals surface area contributed by atoms with Crippen LogP contribution in [0.25, 0.3) is 11.3 Å². The molecule has 0 bridgehead atoms. The first-order valence-electron chi connectivity index (χ1n) is 16.3. The smallest absolute Gasteiger partial charge is 0.320 e. The van der Waals surface area contributed by atoms with E-state index in [0.29, 0.717) is 19.0 Å². The quantitative estimate of drug-likeness (QED) is 0.221. The lowest BCUT2D eigenvalue weighted by Crippen LogP contribution is -2.37. The van der Waals surface area contributed by atoms with Crippen molar-refractivity contribution in [2.24, 2.45) is 0 Å². The number of fused-ring (bicyclic) bond motifs is 2. The molecule has 5 aromatic rings.